The average Bonchev–Trinajstić information content (AvgIpc) is 2.76. The molecule has 0 amide bonds. The lowest BCUT2D eigenvalue weighted by Gasteiger charge is -2.41. The SMILES string of the molecule is O=C(O)/C(O)=C/C(=O)[C@]1(Cc2ccc(Cl)cc2)CCCN(S(=O)(=O)Cc2ccccc2)C1. The summed E-state index contributed by atoms with van der Waals surface area (Å²) in [4.78, 5) is 24.2. The van der Waals surface area contributed by atoms with Crippen LogP contribution in [0.1, 0.15) is 24.0 Å². The third-order valence-electron chi connectivity index (χ3n) is 5.59. The molecular formula is C23H24ClNO6S. The molecule has 0 bridgehead atoms. The number of halogens is 1. The number of aliphatic hydroxyl groups excluding tert-OH is 1. The van der Waals surface area contributed by atoms with Crippen LogP contribution in [0.2, 0.25) is 5.02 Å². The summed E-state index contributed by atoms with van der Waals surface area (Å²) in [6.07, 6.45) is 1.65. The van der Waals surface area contributed by atoms with Crippen LogP contribution in [-0.2, 0) is 31.8 Å². The highest BCUT2D eigenvalue weighted by atomic mass is 35.5. The smallest absolute Gasteiger partial charge is 0.371 e. The standard InChI is InChI=1S/C23H24ClNO6S/c24-19-9-7-17(8-10-19)14-23(21(27)13-20(26)22(28)29)11-4-12-25(16-23)32(30,31)15-18-5-2-1-3-6-18/h1-3,5-10,13,26H,4,11-12,14-16H2,(H,28,29)/b20-13-/t23-/m0/s1. The highest BCUT2D eigenvalue weighted by Crippen LogP contribution is 2.37. The van der Waals surface area contributed by atoms with E-state index >= 15 is 0 Å². The van der Waals surface area contributed by atoms with Crippen LogP contribution in [0.5, 0.6) is 0 Å². The maximum atomic E-state index is 13.2. The number of ketones is 1. The Balaban J connectivity index is 1.94. The van der Waals surface area contributed by atoms with Gasteiger partial charge >= 0.3 is 5.97 Å². The van der Waals surface area contributed by atoms with Gasteiger partial charge in [-0.1, -0.05) is 54.1 Å². The molecule has 1 fully saturated rings. The Morgan fingerprint density at radius 3 is 2.31 bits per heavy atom. The molecule has 0 unspecified atom stereocenters. The minimum Gasteiger partial charge on any atom is -0.502 e. The second-order valence-electron chi connectivity index (χ2n) is 7.96. The normalized spacial score (nSPS) is 20.1. The zero-order valence-corrected chi connectivity index (χ0v) is 18.8. The van der Waals surface area contributed by atoms with Crippen molar-refractivity contribution < 1.29 is 28.2 Å². The van der Waals surface area contributed by atoms with E-state index in [1.54, 1.807) is 54.6 Å². The van der Waals surface area contributed by atoms with Crippen LogP contribution in [0.4, 0.5) is 0 Å². The molecule has 1 atom stereocenters. The lowest BCUT2D eigenvalue weighted by atomic mass is 9.72. The number of allylic oxidation sites excluding steroid dienone is 1. The van der Waals surface area contributed by atoms with Crippen molar-refractivity contribution in [3.8, 4) is 0 Å². The number of carbonyl (C=O) groups is 2. The molecule has 1 saturated heterocycles. The van der Waals surface area contributed by atoms with E-state index in [0.717, 1.165) is 5.56 Å². The summed E-state index contributed by atoms with van der Waals surface area (Å²) < 4.78 is 27.6. The van der Waals surface area contributed by atoms with Crippen LogP contribution in [0.3, 0.4) is 0 Å². The van der Waals surface area contributed by atoms with Gasteiger partial charge in [0.1, 0.15) is 0 Å². The maximum Gasteiger partial charge on any atom is 0.371 e. The quantitative estimate of drug-likeness (QED) is 0.444. The molecule has 1 aliphatic heterocycles. The number of aliphatic hydroxyl groups is 1. The highest BCUT2D eigenvalue weighted by molar-refractivity contribution is 7.88. The van der Waals surface area contributed by atoms with Gasteiger partial charge in [-0.2, -0.15) is 0 Å². The summed E-state index contributed by atoms with van der Waals surface area (Å²) in [5.41, 5.74) is 0.184. The molecule has 9 heteroatoms. The number of carboxylic acid groups (broad SMARTS) is 1. The summed E-state index contributed by atoms with van der Waals surface area (Å²) >= 11 is 5.95. The van der Waals surface area contributed by atoms with Gasteiger partial charge in [-0.25, -0.2) is 17.5 Å². The van der Waals surface area contributed by atoms with Crippen LogP contribution in [0.15, 0.2) is 66.4 Å². The Labute approximate surface area is 192 Å². The maximum absolute atomic E-state index is 13.2. The Bertz CT molecular complexity index is 1110. The molecule has 2 N–H and O–H groups in total. The topological polar surface area (TPSA) is 112 Å². The molecule has 2 aromatic carbocycles. The largest absolute Gasteiger partial charge is 0.502 e. The lowest BCUT2D eigenvalue weighted by Crippen LogP contribution is -2.51. The van der Waals surface area contributed by atoms with Gasteiger partial charge in [0.25, 0.3) is 0 Å². The van der Waals surface area contributed by atoms with Crippen molar-refractivity contribution in [2.75, 3.05) is 13.1 Å². The van der Waals surface area contributed by atoms with E-state index in [4.69, 9.17) is 16.7 Å². The molecular weight excluding hydrogens is 454 g/mol. The van der Waals surface area contributed by atoms with E-state index in [0.29, 0.717) is 29.5 Å². The predicted octanol–water partition coefficient (Wildman–Crippen LogP) is 3.59. The van der Waals surface area contributed by atoms with Gasteiger partial charge in [-0.3, -0.25) is 4.79 Å². The first-order valence-corrected chi connectivity index (χ1v) is 12.0. The third-order valence-corrected chi connectivity index (χ3v) is 7.64. The van der Waals surface area contributed by atoms with Gasteiger partial charge < -0.3 is 10.2 Å². The number of aliphatic carboxylic acids is 1. The number of piperidine rings is 1. The minimum atomic E-state index is -3.72. The summed E-state index contributed by atoms with van der Waals surface area (Å²) in [6, 6.07) is 15.6. The number of hydrogen-bond donors (Lipinski definition) is 2. The van der Waals surface area contributed by atoms with E-state index in [-0.39, 0.29) is 25.3 Å². The lowest BCUT2D eigenvalue weighted by molar-refractivity contribution is -0.136. The molecule has 0 spiro atoms. The van der Waals surface area contributed by atoms with Crippen LogP contribution in [0, 0.1) is 5.41 Å². The van der Waals surface area contributed by atoms with Crippen molar-refractivity contribution in [3.63, 3.8) is 0 Å². The fourth-order valence-corrected chi connectivity index (χ4v) is 5.74. The number of carboxylic acids is 1. The van der Waals surface area contributed by atoms with E-state index < -0.39 is 32.9 Å². The summed E-state index contributed by atoms with van der Waals surface area (Å²) in [5, 5.41) is 19.2. The first kappa shape index (κ1) is 24.0. The number of hydrogen-bond acceptors (Lipinski definition) is 5. The number of nitrogens with zero attached hydrogens (tertiary/aromatic N) is 1. The average molecular weight is 478 g/mol. The van der Waals surface area contributed by atoms with Gasteiger partial charge in [-0.05, 0) is 42.5 Å². The van der Waals surface area contributed by atoms with E-state index in [1.165, 1.54) is 4.31 Å². The van der Waals surface area contributed by atoms with Gasteiger partial charge in [0.15, 0.2) is 5.78 Å². The monoisotopic (exact) mass is 477 g/mol. The zero-order valence-electron chi connectivity index (χ0n) is 17.3. The Morgan fingerprint density at radius 2 is 1.69 bits per heavy atom. The van der Waals surface area contributed by atoms with Gasteiger partial charge in [0.2, 0.25) is 15.8 Å². The summed E-state index contributed by atoms with van der Waals surface area (Å²) in [7, 11) is -3.72. The molecule has 3 rings (SSSR count). The van der Waals surface area contributed by atoms with Crippen LogP contribution < -0.4 is 0 Å². The molecule has 7 nitrogen and oxygen atoms in total. The molecule has 1 aliphatic rings. The van der Waals surface area contributed by atoms with Gasteiger partial charge in [-0.15, -0.1) is 0 Å². The van der Waals surface area contributed by atoms with Crippen molar-refractivity contribution in [3.05, 3.63) is 82.6 Å². The Hall–Kier alpha value is -2.68. The Kier molecular flexibility index (Phi) is 7.38. The zero-order chi connectivity index (χ0) is 23.4. The molecule has 0 aromatic heterocycles. The first-order valence-electron chi connectivity index (χ1n) is 10.1. The second-order valence-corrected chi connectivity index (χ2v) is 10.4. The second kappa shape index (κ2) is 9.85. The van der Waals surface area contributed by atoms with Crippen molar-refractivity contribution >= 4 is 33.4 Å². The third kappa shape index (κ3) is 5.76. The molecule has 170 valence electrons. The predicted molar refractivity (Wildman–Crippen MR) is 121 cm³/mol. The molecule has 2 aromatic rings. The summed E-state index contributed by atoms with van der Waals surface area (Å²) in [5.74, 6) is -3.51. The van der Waals surface area contributed by atoms with Crippen LogP contribution in [0.25, 0.3) is 0 Å². The summed E-state index contributed by atoms with van der Waals surface area (Å²) in [6.45, 7) is 0.159. The van der Waals surface area contributed by atoms with Gasteiger partial charge in [0.05, 0.1) is 11.2 Å². The van der Waals surface area contributed by atoms with E-state index in [9.17, 15) is 23.1 Å². The highest BCUT2D eigenvalue weighted by Gasteiger charge is 2.44. The fourth-order valence-electron chi connectivity index (χ4n) is 3.97. The van der Waals surface area contributed by atoms with Crippen molar-refractivity contribution in [1.82, 2.24) is 4.31 Å². The van der Waals surface area contributed by atoms with Gasteiger partial charge in [0, 0.05) is 24.2 Å². The van der Waals surface area contributed by atoms with Crippen molar-refractivity contribution in [2.45, 2.75) is 25.0 Å². The minimum absolute atomic E-state index is 0.104. The molecule has 0 aliphatic carbocycles. The molecule has 1 heterocycles. The molecule has 0 saturated carbocycles. The van der Waals surface area contributed by atoms with Crippen LogP contribution >= 0.6 is 11.6 Å². The molecule has 0 radical (unpaired) electrons. The number of rotatable bonds is 8. The van der Waals surface area contributed by atoms with E-state index in [1.807, 2.05) is 0 Å². The first-order chi connectivity index (χ1) is 15.1. The number of benzene rings is 2. The van der Waals surface area contributed by atoms with Crippen molar-refractivity contribution in [1.29, 1.82) is 0 Å². The number of sulfonamides is 1. The fraction of sp³-hybridized carbons (Fsp3) is 0.304. The Morgan fingerprint density at radius 1 is 1.03 bits per heavy atom. The molecule has 32 heavy (non-hydrogen) atoms. The van der Waals surface area contributed by atoms with Crippen LogP contribution in [-0.4, -0.2) is 47.8 Å². The number of carbonyl (C=O) groups excluding carboxylic acids is 1. The van der Waals surface area contributed by atoms with Crippen molar-refractivity contribution in [2.24, 2.45) is 5.41 Å². The van der Waals surface area contributed by atoms with E-state index in [2.05, 4.69) is 0 Å².